The number of carbonyl (C=O) groups excluding carboxylic acids is 1. The zero-order valence-corrected chi connectivity index (χ0v) is 13.7. The van der Waals surface area contributed by atoms with Crippen molar-refractivity contribution < 1.29 is 9.53 Å². The highest BCUT2D eigenvalue weighted by Gasteiger charge is 2.24. The predicted octanol–water partition coefficient (Wildman–Crippen LogP) is 3.28. The molecule has 0 aliphatic carbocycles. The van der Waals surface area contributed by atoms with Crippen LogP contribution in [0.25, 0.3) is 0 Å². The number of fused-ring (bicyclic) bond motifs is 1. The number of nitrogens with one attached hydrogen (secondary N) is 1. The molecule has 1 aliphatic rings. The molecule has 0 saturated carbocycles. The normalized spacial score (nSPS) is 17.4. The van der Waals surface area contributed by atoms with E-state index in [0.717, 1.165) is 11.3 Å². The van der Waals surface area contributed by atoms with Gasteiger partial charge in [-0.2, -0.15) is 5.10 Å². The van der Waals surface area contributed by atoms with E-state index in [2.05, 4.69) is 10.4 Å². The minimum absolute atomic E-state index is 0.0578. The van der Waals surface area contributed by atoms with Crippen molar-refractivity contribution in [1.82, 2.24) is 14.7 Å². The van der Waals surface area contributed by atoms with Gasteiger partial charge < -0.3 is 9.64 Å². The van der Waals surface area contributed by atoms with E-state index in [9.17, 15) is 4.79 Å². The largest absolute Gasteiger partial charge is 0.489 e. The summed E-state index contributed by atoms with van der Waals surface area (Å²) in [6, 6.07) is 9.74. The van der Waals surface area contributed by atoms with Gasteiger partial charge >= 0.3 is 6.03 Å². The maximum absolute atomic E-state index is 12.6. The number of para-hydroxylation sites is 1. The minimum Gasteiger partial charge on any atom is -0.489 e. The number of carbonyl (C=O) groups is 1. The second-order valence-corrected chi connectivity index (χ2v) is 6.12. The average molecular weight is 314 g/mol. The Labute approximate surface area is 136 Å². The lowest BCUT2D eigenvalue weighted by molar-refractivity contribution is 0.166. The van der Waals surface area contributed by atoms with Crippen LogP contribution in [0.1, 0.15) is 32.4 Å². The first-order valence-electron chi connectivity index (χ1n) is 7.88. The zero-order valence-electron chi connectivity index (χ0n) is 13.7. The summed E-state index contributed by atoms with van der Waals surface area (Å²) in [5.74, 6) is 1.41. The number of urea groups is 1. The molecule has 6 nitrogen and oxygen atoms in total. The van der Waals surface area contributed by atoms with Crippen molar-refractivity contribution in [3.8, 4) is 5.75 Å². The molecule has 0 radical (unpaired) electrons. The van der Waals surface area contributed by atoms with Gasteiger partial charge in [-0.3, -0.25) is 10.00 Å². The second kappa shape index (κ2) is 6.32. The first-order valence-corrected chi connectivity index (χ1v) is 7.88. The second-order valence-electron chi connectivity index (χ2n) is 6.12. The van der Waals surface area contributed by atoms with E-state index in [4.69, 9.17) is 4.74 Å². The Morgan fingerprint density at radius 3 is 2.87 bits per heavy atom. The van der Waals surface area contributed by atoms with E-state index in [1.807, 2.05) is 62.0 Å². The van der Waals surface area contributed by atoms with Crippen LogP contribution in [0.3, 0.4) is 0 Å². The van der Waals surface area contributed by atoms with Crippen molar-refractivity contribution in [3.05, 3.63) is 42.1 Å². The highest BCUT2D eigenvalue weighted by molar-refractivity contribution is 5.88. The molecule has 1 atom stereocenters. The topological polar surface area (TPSA) is 59.4 Å². The van der Waals surface area contributed by atoms with Gasteiger partial charge in [-0.25, -0.2) is 4.79 Å². The first kappa shape index (κ1) is 15.4. The molecule has 0 bridgehead atoms. The van der Waals surface area contributed by atoms with Gasteiger partial charge in [0, 0.05) is 23.9 Å². The fourth-order valence-corrected chi connectivity index (χ4v) is 2.62. The fourth-order valence-electron chi connectivity index (χ4n) is 2.62. The van der Waals surface area contributed by atoms with Gasteiger partial charge in [-0.1, -0.05) is 18.2 Å². The molecule has 2 heterocycles. The summed E-state index contributed by atoms with van der Waals surface area (Å²) in [5.41, 5.74) is 1.01. The number of hydrogen-bond acceptors (Lipinski definition) is 3. The van der Waals surface area contributed by atoms with Crippen molar-refractivity contribution >= 4 is 11.8 Å². The van der Waals surface area contributed by atoms with Crippen LogP contribution in [0.15, 0.2) is 36.5 Å². The molecule has 23 heavy (non-hydrogen) atoms. The van der Waals surface area contributed by atoms with Crippen LogP contribution >= 0.6 is 0 Å². The fraction of sp³-hybridized carbons (Fsp3) is 0.412. The van der Waals surface area contributed by atoms with Gasteiger partial charge in [0.05, 0.1) is 13.1 Å². The van der Waals surface area contributed by atoms with E-state index >= 15 is 0 Å². The monoisotopic (exact) mass is 314 g/mol. The van der Waals surface area contributed by atoms with Crippen molar-refractivity contribution in [1.29, 1.82) is 0 Å². The minimum atomic E-state index is -0.161. The maximum atomic E-state index is 12.6. The van der Waals surface area contributed by atoms with Crippen LogP contribution in [0, 0.1) is 0 Å². The summed E-state index contributed by atoms with van der Waals surface area (Å²) in [6.45, 7) is 7.12. The van der Waals surface area contributed by atoms with E-state index in [1.165, 1.54) is 0 Å². The quantitative estimate of drug-likeness (QED) is 0.925. The molecule has 3 rings (SSSR count). The average Bonchev–Trinajstić information content (AvgIpc) is 2.89. The third-order valence-corrected chi connectivity index (χ3v) is 3.80. The summed E-state index contributed by atoms with van der Waals surface area (Å²) in [7, 11) is 0. The van der Waals surface area contributed by atoms with Gasteiger partial charge in [0.1, 0.15) is 11.9 Å². The molecular formula is C17H22N4O2. The predicted molar refractivity (Wildman–Crippen MR) is 88.6 cm³/mol. The molecular weight excluding hydrogens is 292 g/mol. The lowest BCUT2D eigenvalue weighted by Crippen LogP contribution is -2.39. The molecule has 0 spiro atoms. The number of hydrogen-bond donors (Lipinski definition) is 1. The number of nitrogens with zero attached hydrogens (tertiary/aromatic N) is 3. The summed E-state index contributed by atoms with van der Waals surface area (Å²) in [4.78, 5) is 14.3. The Bertz CT molecular complexity index is 695. The van der Waals surface area contributed by atoms with Crippen LogP contribution < -0.4 is 10.1 Å². The van der Waals surface area contributed by atoms with Crippen molar-refractivity contribution in [2.45, 2.75) is 39.5 Å². The number of ether oxygens (including phenoxy) is 1. The number of aromatic nitrogens is 2. The number of anilines is 1. The molecule has 1 N–H and O–H groups in total. The summed E-state index contributed by atoms with van der Waals surface area (Å²) in [5, 5.41) is 7.22. The van der Waals surface area contributed by atoms with Crippen LogP contribution in [-0.2, 0) is 6.54 Å². The van der Waals surface area contributed by atoms with E-state index in [1.54, 1.807) is 4.90 Å². The maximum Gasteiger partial charge on any atom is 0.323 e. The summed E-state index contributed by atoms with van der Waals surface area (Å²) in [6.07, 6.45) is 1.81. The highest BCUT2D eigenvalue weighted by atomic mass is 16.5. The Hall–Kier alpha value is -2.50. The summed E-state index contributed by atoms with van der Waals surface area (Å²) >= 11 is 0. The van der Waals surface area contributed by atoms with Crippen LogP contribution in [0.2, 0.25) is 0 Å². The van der Waals surface area contributed by atoms with Crippen molar-refractivity contribution in [3.63, 3.8) is 0 Å². The van der Waals surface area contributed by atoms with Crippen LogP contribution in [0.4, 0.5) is 10.6 Å². The first-order chi connectivity index (χ1) is 11.0. The van der Waals surface area contributed by atoms with Crippen molar-refractivity contribution in [2.24, 2.45) is 0 Å². The van der Waals surface area contributed by atoms with Crippen LogP contribution in [0.5, 0.6) is 5.75 Å². The van der Waals surface area contributed by atoms with Gasteiger partial charge in [-0.15, -0.1) is 0 Å². The molecule has 6 heteroatoms. The number of benzene rings is 1. The zero-order chi connectivity index (χ0) is 16.4. The van der Waals surface area contributed by atoms with Gasteiger partial charge in [0.2, 0.25) is 0 Å². The van der Waals surface area contributed by atoms with Gasteiger partial charge in [0.25, 0.3) is 0 Å². The molecule has 1 aliphatic heterocycles. The van der Waals surface area contributed by atoms with Crippen LogP contribution in [-0.4, -0.2) is 33.4 Å². The molecule has 1 aromatic heterocycles. The smallest absolute Gasteiger partial charge is 0.323 e. The van der Waals surface area contributed by atoms with Gasteiger partial charge in [-0.05, 0) is 26.8 Å². The number of amides is 2. The molecule has 2 aromatic rings. The SMILES string of the molecule is CC1CN(C(=O)Nc2ccn(C(C)C)n2)Cc2ccccc2O1. The van der Waals surface area contributed by atoms with E-state index in [0.29, 0.717) is 18.9 Å². The molecule has 0 fully saturated rings. The summed E-state index contributed by atoms with van der Waals surface area (Å²) < 4.78 is 7.70. The van der Waals surface area contributed by atoms with E-state index < -0.39 is 0 Å². The lowest BCUT2D eigenvalue weighted by Gasteiger charge is -2.22. The van der Waals surface area contributed by atoms with Gasteiger partial charge in [0.15, 0.2) is 5.82 Å². The molecule has 1 aromatic carbocycles. The Balaban J connectivity index is 1.73. The molecule has 0 saturated heterocycles. The van der Waals surface area contributed by atoms with E-state index in [-0.39, 0.29) is 18.2 Å². The standard InChI is InChI=1S/C17H22N4O2/c1-12(2)21-9-8-16(19-21)18-17(22)20-10-13(3)23-15-7-5-4-6-14(15)11-20/h4-9,12-13H,10-11H2,1-3H3,(H,18,19,22). The number of rotatable bonds is 2. The molecule has 122 valence electrons. The molecule has 1 unspecified atom stereocenters. The Kier molecular flexibility index (Phi) is 4.23. The Morgan fingerprint density at radius 1 is 1.35 bits per heavy atom. The molecule has 2 amide bonds. The lowest BCUT2D eigenvalue weighted by atomic mass is 10.2. The Morgan fingerprint density at radius 2 is 2.13 bits per heavy atom. The third-order valence-electron chi connectivity index (χ3n) is 3.80. The van der Waals surface area contributed by atoms with Crippen molar-refractivity contribution in [2.75, 3.05) is 11.9 Å². The third kappa shape index (κ3) is 3.47. The highest BCUT2D eigenvalue weighted by Crippen LogP contribution is 2.25.